The molecule has 1 N–H and O–H groups in total. The fourth-order valence-corrected chi connectivity index (χ4v) is 3.87. The molecule has 0 radical (unpaired) electrons. The molecule has 0 aromatic heterocycles. The molecule has 4 heteroatoms. The molecule has 118 valence electrons. The van der Waals surface area contributed by atoms with Crippen molar-refractivity contribution in [2.75, 3.05) is 0 Å². The van der Waals surface area contributed by atoms with E-state index in [-0.39, 0.29) is 17.8 Å². The topological polar surface area (TPSA) is 63.6 Å². The van der Waals surface area contributed by atoms with Gasteiger partial charge in [0.2, 0.25) is 0 Å². The van der Waals surface area contributed by atoms with Gasteiger partial charge in [-0.05, 0) is 29.4 Å². The Bertz CT molecular complexity index is 578. The first-order chi connectivity index (χ1) is 10.5. The van der Waals surface area contributed by atoms with Crippen molar-refractivity contribution in [3.63, 3.8) is 0 Å². The number of ether oxygens (including phenoxy) is 1. The second kappa shape index (κ2) is 6.77. The molecule has 2 rings (SSSR count). The highest BCUT2D eigenvalue weighted by molar-refractivity contribution is 5.84. The molecule has 0 amide bonds. The SMILES string of the molecule is C=CC1c2ccccc2C(CC)C(C(=O)OC(=O)O)C1CC. The van der Waals surface area contributed by atoms with Gasteiger partial charge >= 0.3 is 12.1 Å². The Morgan fingerprint density at radius 1 is 1.23 bits per heavy atom. The van der Waals surface area contributed by atoms with E-state index in [9.17, 15) is 9.59 Å². The molecular weight excluding hydrogens is 280 g/mol. The number of hydrogen-bond acceptors (Lipinski definition) is 3. The van der Waals surface area contributed by atoms with Gasteiger partial charge < -0.3 is 9.84 Å². The quantitative estimate of drug-likeness (QED) is 0.511. The number of esters is 1. The van der Waals surface area contributed by atoms with Crippen molar-refractivity contribution in [3.05, 3.63) is 48.0 Å². The average Bonchev–Trinajstić information content (AvgIpc) is 2.51. The van der Waals surface area contributed by atoms with Gasteiger partial charge in [-0.3, -0.25) is 4.79 Å². The van der Waals surface area contributed by atoms with Gasteiger partial charge in [0, 0.05) is 5.92 Å². The summed E-state index contributed by atoms with van der Waals surface area (Å²) in [7, 11) is 0. The Morgan fingerprint density at radius 3 is 2.36 bits per heavy atom. The lowest BCUT2D eigenvalue weighted by molar-refractivity contribution is -0.147. The summed E-state index contributed by atoms with van der Waals surface area (Å²) in [6.07, 6.45) is 1.85. The third-order valence-corrected chi connectivity index (χ3v) is 4.74. The van der Waals surface area contributed by atoms with E-state index in [0.29, 0.717) is 0 Å². The molecule has 1 aromatic rings. The molecule has 1 aliphatic carbocycles. The molecule has 1 aromatic carbocycles. The molecule has 4 nitrogen and oxygen atoms in total. The zero-order valence-corrected chi connectivity index (χ0v) is 13.0. The molecule has 0 aliphatic heterocycles. The summed E-state index contributed by atoms with van der Waals surface area (Å²) in [5, 5.41) is 8.79. The summed E-state index contributed by atoms with van der Waals surface area (Å²) in [6, 6.07) is 8.04. The van der Waals surface area contributed by atoms with E-state index in [4.69, 9.17) is 5.11 Å². The number of carboxylic acid groups (broad SMARTS) is 1. The van der Waals surface area contributed by atoms with Crippen molar-refractivity contribution in [1.29, 1.82) is 0 Å². The number of rotatable bonds is 4. The fraction of sp³-hybridized carbons (Fsp3) is 0.444. The van der Waals surface area contributed by atoms with Crippen molar-refractivity contribution in [2.45, 2.75) is 38.5 Å². The van der Waals surface area contributed by atoms with Crippen LogP contribution in [0.1, 0.15) is 49.7 Å². The van der Waals surface area contributed by atoms with Gasteiger partial charge in [-0.1, -0.05) is 50.6 Å². The maximum absolute atomic E-state index is 12.4. The first-order valence-corrected chi connectivity index (χ1v) is 7.71. The van der Waals surface area contributed by atoms with Gasteiger partial charge in [0.05, 0.1) is 5.92 Å². The van der Waals surface area contributed by atoms with Crippen molar-refractivity contribution in [1.82, 2.24) is 0 Å². The van der Waals surface area contributed by atoms with Gasteiger partial charge in [0.25, 0.3) is 0 Å². The number of benzene rings is 1. The Morgan fingerprint density at radius 2 is 1.86 bits per heavy atom. The summed E-state index contributed by atoms with van der Waals surface area (Å²) in [4.78, 5) is 23.2. The monoisotopic (exact) mass is 302 g/mol. The molecule has 1 aliphatic rings. The minimum Gasteiger partial charge on any atom is -0.449 e. The van der Waals surface area contributed by atoms with Gasteiger partial charge in [0.15, 0.2) is 0 Å². The van der Waals surface area contributed by atoms with Crippen LogP contribution < -0.4 is 0 Å². The third-order valence-electron chi connectivity index (χ3n) is 4.74. The predicted molar refractivity (Wildman–Crippen MR) is 83.8 cm³/mol. The molecule has 0 saturated heterocycles. The van der Waals surface area contributed by atoms with Crippen LogP contribution in [0.2, 0.25) is 0 Å². The molecule has 22 heavy (non-hydrogen) atoms. The Hall–Kier alpha value is -2.10. The molecule has 0 bridgehead atoms. The van der Waals surface area contributed by atoms with Crippen LogP contribution in [-0.4, -0.2) is 17.2 Å². The summed E-state index contributed by atoms with van der Waals surface area (Å²) in [5.74, 6) is -1.08. The van der Waals surface area contributed by atoms with E-state index in [0.717, 1.165) is 18.4 Å². The highest BCUT2D eigenvalue weighted by atomic mass is 16.7. The molecule has 0 heterocycles. The predicted octanol–water partition coefficient (Wildman–Crippen LogP) is 4.33. The third kappa shape index (κ3) is 2.78. The van der Waals surface area contributed by atoms with Crippen molar-refractivity contribution in [3.8, 4) is 0 Å². The Balaban J connectivity index is 2.53. The van der Waals surface area contributed by atoms with Crippen molar-refractivity contribution < 1.29 is 19.4 Å². The lowest BCUT2D eigenvalue weighted by atomic mass is 9.62. The van der Waals surface area contributed by atoms with Crippen molar-refractivity contribution >= 4 is 12.1 Å². The Kier molecular flexibility index (Phi) is 5.01. The van der Waals surface area contributed by atoms with Crippen LogP contribution in [0.15, 0.2) is 36.9 Å². The van der Waals surface area contributed by atoms with Crippen LogP contribution in [0, 0.1) is 11.8 Å². The summed E-state index contributed by atoms with van der Waals surface area (Å²) < 4.78 is 4.51. The normalized spacial score (nSPS) is 26.8. The summed E-state index contributed by atoms with van der Waals surface area (Å²) in [5.41, 5.74) is 2.29. The molecule has 4 atom stereocenters. The van der Waals surface area contributed by atoms with Gasteiger partial charge in [-0.15, -0.1) is 6.58 Å². The van der Waals surface area contributed by atoms with Crippen LogP contribution in [0.5, 0.6) is 0 Å². The largest absolute Gasteiger partial charge is 0.513 e. The lowest BCUT2D eigenvalue weighted by Crippen LogP contribution is -2.38. The van der Waals surface area contributed by atoms with Crippen LogP contribution in [0.4, 0.5) is 4.79 Å². The minimum atomic E-state index is -1.54. The van der Waals surface area contributed by atoms with Crippen LogP contribution in [0.25, 0.3) is 0 Å². The van der Waals surface area contributed by atoms with E-state index < -0.39 is 18.0 Å². The van der Waals surface area contributed by atoms with E-state index in [1.807, 2.05) is 38.1 Å². The number of carbonyl (C=O) groups excluding carboxylic acids is 1. The zero-order chi connectivity index (χ0) is 16.3. The highest BCUT2D eigenvalue weighted by Gasteiger charge is 2.45. The first-order valence-electron chi connectivity index (χ1n) is 7.71. The smallest absolute Gasteiger partial charge is 0.449 e. The molecule has 0 fully saturated rings. The minimum absolute atomic E-state index is 0.00389. The van der Waals surface area contributed by atoms with Gasteiger partial charge in [0.1, 0.15) is 0 Å². The highest BCUT2D eigenvalue weighted by Crippen LogP contribution is 2.49. The summed E-state index contributed by atoms with van der Waals surface area (Å²) >= 11 is 0. The number of allylic oxidation sites excluding steroid dienone is 1. The van der Waals surface area contributed by atoms with E-state index in [1.165, 1.54) is 5.56 Å². The number of carbonyl (C=O) groups is 2. The lowest BCUT2D eigenvalue weighted by Gasteiger charge is -2.41. The first kappa shape index (κ1) is 16.3. The van der Waals surface area contributed by atoms with Crippen molar-refractivity contribution in [2.24, 2.45) is 11.8 Å². The molecule has 0 spiro atoms. The van der Waals surface area contributed by atoms with E-state index in [1.54, 1.807) is 0 Å². The fourth-order valence-electron chi connectivity index (χ4n) is 3.87. The average molecular weight is 302 g/mol. The van der Waals surface area contributed by atoms with Crippen LogP contribution in [-0.2, 0) is 9.53 Å². The molecule has 0 saturated carbocycles. The van der Waals surface area contributed by atoms with Gasteiger partial charge in [-0.25, -0.2) is 4.79 Å². The number of hydrogen-bond donors (Lipinski definition) is 1. The van der Waals surface area contributed by atoms with E-state index in [2.05, 4.69) is 17.4 Å². The molecular formula is C18H22O4. The summed E-state index contributed by atoms with van der Waals surface area (Å²) in [6.45, 7) is 7.95. The number of fused-ring (bicyclic) bond motifs is 1. The van der Waals surface area contributed by atoms with E-state index >= 15 is 0 Å². The standard InChI is InChI=1S/C18H22O4/c1-4-11-12(5-2)16(17(19)22-18(20)21)13(6-3)15-10-8-7-9-14(11)15/h4,7-13,16H,1,5-6H2,2-3H3,(H,20,21). The zero-order valence-electron chi connectivity index (χ0n) is 13.0. The second-order valence-electron chi connectivity index (χ2n) is 5.69. The molecule has 4 unspecified atom stereocenters. The van der Waals surface area contributed by atoms with Crippen LogP contribution in [0.3, 0.4) is 0 Å². The maximum atomic E-state index is 12.4. The maximum Gasteiger partial charge on any atom is 0.513 e. The van der Waals surface area contributed by atoms with Crippen LogP contribution >= 0.6 is 0 Å². The second-order valence-corrected chi connectivity index (χ2v) is 5.69. The van der Waals surface area contributed by atoms with Gasteiger partial charge in [-0.2, -0.15) is 0 Å². The Labute approximate surface area is 130 Å².